The monoisotopic (exact) mass is 207 g/mol. The van der Waals surface area contributed by atoms with E-state index in [1.54, 1.807) is 6.20 Å². The highest BCUT2D eigenvalue weighted by Crippen LogP contribution is 2.19. The smallest absolute Gasteiger partial charge is 0.171 e. The van der Waals surface area contributed by atoms with E-state index in [0.29, 0.717) is 11.2 Å². The zero-order chi connectivity index (χ0) is 9.97. The third-order valence-corrected chi connectivity index (χ3v) is 2.39. The van der Waals surface area contributed by atoms with Crippen LogP contribution in [0.1, 0.15) is 18.5 Å². The minimum Gasteiger partial charge on any atom is -0.360 e. The molecule has 0 atom stereocenters. The van der Waals surface area contributed by atoms with Crippen LogP contribution in [-0.4, -0.2) is 16.1 Å². The highest BCUT2D eigenvalue weighted by Gasteiger charge is 2.21. The van der Waals surface area contributed by atoms with E-state index in [4.69, 9.17) is 12.2 Å². The first-order chi connectivity index (χ1) is 6.75. The standard InChI is InChI=1S/C10H13N3S/c1-7-9(3-2-6-11-7)13-10(14)12-8-4-5-8/h2-3,6,8H,4-5H2,1H3,(H2,12,13,14). The number of hydrogen-bond donors (Lipinski definition) is 2. The third kappa shape index (κ3) is 2.42. The van der Waals surface area contributed by atoms with Crippen LogP contribution in [0.2, 0.25) is 0 Å². The lowest BCUT2D eigenvalue weighted by atomic mass is 10.3. The first-order valence-electron chi connectivity index (χ1n) is 4.75. The summed E-state index contributed by atoms with van der Waals surface area (Å²) < 4.78 is 0. The van der Waals surface area contributed by atoms with Gasteiger partial charge in [-0.3, -0.25) is 4.98 Å². The van der Waals surface area contributed by atoms with Gasteiger partial charge in [-0.15, -0.1) is 0 Å². The van der Waals surface area contributed by atoms with Crippen molar-refractivity contribution in [3.05, 3.63) is 24.0 Å². The molecule has 0 aliphatic heterocycles. The van der Waals surface area contributed by atoms with Crippen molar-refractivity contribution >= 4 is 23.0 Å². The van der Waals surface area contributed by atoms with E-state index in [0.717, 1.165) is 11.4 Å². The van der Waals surface area contributed by atoms with Crippen molar-refractivity contribution in [2.45, 2.75) is 25.8 Å². The summed E-state index contributed by atoms with van der Waals surface area (Å²) in [6, 6.07) is 4.46. The summed E-state index contributed by atoms with van der Waals surface area (Å²) in [4.78, 5) is 4.18. The molecular formula is C10H13N3S. The lowest BCUT2D eigenvalue weighted by molar-refractivity contribution is 0.918. The minimum absolute atomic E-state index is 0.590. The Morgan fingerprint density at radius 2 is 2.36 bits per heavy atom. The average molecular weight is 207 g/mol. The number of anilines is 1. The maximum Gasteiger partial charge on any atom is 0.171 e. The van der Waals surface area contributed by atoms with Gasteiger partial charge >= 0.3 is 0 Å². The molecule has 1 fully saturated rings. The van der Waals surface area contributed by atoms with Crippen molar-refractivity contribution in [3.63, 3.8) is 0 Å². The Balaban J connectivity index is 1.95. The Kier molecular flexibility index (Phi) is 2.63. The van der Waals surface area contributed by atoms with Crippen LogP contribution in [0.5, 0.6) is 0 Å². The molecule has 0 bridgehead atoms. The van der Waals surface area contributed by atoms with Gasteiger partial charge in [0.1, 0.15) is 0 Å². The number of nitrogens with zero attached hydrogens (tertiary/aromatic N) is 1. The molecule has 0 radical (unpaired) electrons. The Labute approximate surface area is 88.9 Å². The Bertz CT molecular complexity index is 347. The molecule has 2 rings (SSSR count). The molecule has 1 aromatic heterocycles. The van der Waals surface area contributed by atoms with Gasteiger partial charge in [-0.25, -0.2) is 0 Å². The maximum absolute atomic E-state index is 5.16. The van der Waals surface area contributed by atoms with Crippen LogP contribution in [0.15, 0.2) is 18.3 Å². The molecule has 1 aromatic rings. The van der Waals surface area contributed by atoms with E-state index in [9.17, 15) is 0 Å². The Morgan fingerprint density at radius 3 is 3.00 bits per heavy atom. The maximum atomic E-state index is 5.16. The Morgan fingerprint density at radius 1 is 1.57 bits per heavy atom. The van der Waals surface area contributed by atoms with Gasteiger partial charge in [-0.05, 0) is 44.1 Å². The van der Waals surface area contributed by atoms with E-state index in [1.807, 2.05) is 19.1 Å². The zero-order valence-electron chi connectivity index (χ0n) is 8.08. The molecule has 74 valence electrons. The van der Waals surface area contributed by atoms with E-state index >= 15 is 0 Å². The molecule has 1 heterocycles. The van der Waals surface area contributed by atoms with Gasteiger partial charge in [-0.1, -0.05) is 0 Å². The van der Waals surface area contributed by atoms with Gasteiger partial charge in [0.15, 0.2) is 5.11 Å². The lowest BCUT2D eigenvalue weighted by Crippen LogP contribution is -2.30. The summed E-state index contributed by atoms with van der Waals surface area (Å²) in [5.41, 5.74) is 1.94. The van der Waals surface area contributed by atoms with Gasteiger partial charge in [0.05, 0.1) is 11.4 Å². The molecule has 14 heavy (non-hydrogen) atoms. The van der Waals surface area contributed by atoms with Crippen molar-refractivity contribution in [2.75, 3.05) is 5.32 Å². The topological polar surface area (TPSA) is 37.0 Å². The second kappa shape index (κ2) is 3.92. The van der Waals surface area contributed by atoms with E-state index < -0.39 is 0 Å². The molecule has 1 saturated carbocycles. The molecule has 0 unspecified atom stereocenters. The van der Waals surface area contributed by atoms with Crippen molar-refractivity contribution in [3.8, 4) is 0 Å². The van der Waals surface area contributed by atoms with E-state index in [1.165, 1.54) is 12.8 Å². The Hall–Kier alpha value is -1.16. The van der Waals surface area contributed by atoms with E-state index in [2.05, 4.69) is 15.6 Å². The molecule has 0 saturated heterocycles. The average Bonchev–Trinajstić information content (AvgIpc) is 2.93. The summed E-state index contributed by atoms with van der Waals surface area (Å²) in [5, 5.41) is 7.06. The van der Waals surface area contributed by atoms with Gasteiger partial charge in [0.25, 0.3) is 0 Å². The van der Waals surface area contributed by atoms with Crippen LogP contribution in [0.3, 0.4) is 0 Å². The minimum atomic E-state index is 0.590. The second-order valence-electron chi connectivity index (χ2n) is 3.51. The number of aromatic nitrogens is 1. The predicted octanol–water partition coefficient (Wildman–Crippen LogP) is 1.84. The molecule has 1 aliphatic carbocycles. The zero-order valence-corrected chi connectivity index (χ0v) is 8.90. The van der Waals surface area contributed by atoms with Crippen LogP contribution in [0.25, 0.3) is 0 Å². The molecule has 0 amide bonds. The number of aryl methyl sites for hydroxylation is 1. The fraction of sp³-hybridized carbons (Fsp3) is 0.400. The van der Waals surface area contributed by atoms with Crippen molar-refractivity contribution < 1.29 is 0 Å². The van der Waals surface area contributed by atoms with Crippen molar-refractivity contribution in [2.24, 2.45) is 0 Å². The number of pyridine rings is 1. The molecule has 2 N–H and O–H groups in total. The van der Waals surface area contributed by atoms with Crippen molar-refractivity contribution in [1.29, 1.82) is 0 Å². The lowest BCUT2D eigenvalue weighted by Gasteiger charge is -2.10. The highest BCUT2D eigenvalue weighted by atomic mass is 32.1. The largest absolute Gasteiger partial charge is 0.360 e. The summed E-state index contributed by atoms with van der Waals surface area (Å²) >= 11 is 5.16. The molecular weight excluding hydrogens is 194 g/mol. The number of thiocarbonyl (C=S) groups is 1. The first kappa shape index (κ1) is 9.40. The highest BCUT2D eigenvalue weighted by molar-refractivity contribution is 7.80. The normalized spacial score (nSPS) is 14.9. The fourth-order valence-corrected chi connectivity index (χ4v) is 1.46. The number of nitrogens with one attached hydrogen (secondary N) is 2. The first-order valence-corrected chi connectivity index (χ1v) is 5.15. The van der Waals surface area contributed by atoms with Gasteiger partial charge in [0.2, 0.25) is 0 Å². The molecule has 1 aliphatic rings. The summed E-state index contributed by atoms with van der Waals surface area (Å²) in [6.45, 7) is 1.96. The third-order valence-electron chi connectivity index (χ3n) is 2.17. The van der Waals surface area contributed by atoms with Gasteiger partial charge in [0, 0.05) is 12.2 Å². The van der Waals surface area contributed by atoms with Crippen molar-refractivity contribution in [1.82, 2.24) is 10.3 Å². The van der Waals surface area contributed by atoms with Crippen LogP contribution in [0, 0.1) is 6.92 Å². The molecule has 0 spiro atoms. The van der Waals surface area contributed by atoms with Gasteiger partial charge < -0.3 is 10.6 Å². The van der Waals surface area contributed by atoms with Crippen LogP contribution < -0.4 is 10.6 Å². The number of rotatable bonds is 2. The van der Waals surface area contributed by atoms with Crippen LogP contribution in [0.4, 0.5) is 5.69 Å². The molecule has 0 aromatic carbocycles. The molecule has 4 heteroatoms. The molecule has 3 nitrogen and oxygen atoms in total. The quantitative estimate of drug-likeness (QED) is 0.726. The van der Waals surface area contributed by atoms with Crippen LogP contribution >= 0.6 is 12.2 Å². The second-order valence-corrected chi connectivity index (χ2v) is 3.92. The summed E-state index contributed by atoms with van der Waals surface area (Å²) in [6.07, 6.45) is 4.24. The summed E-state index contributed by atoms with van der Waals surface area (Å²) in [5.74, 6) is 0. The van der Waals surface area contributed by atoms with E-state index in [-0.39, 0.29) is 0 Å². The van der Waals surface area contributed by atoms with Gasteiger partial charge in [-0.2, -0.15) is 0 Å². The van der Waals surface area contributed by atoms with Crippen LogP contribution in [-0.2, 0) is 0 Å². The predicted molar refractivity (Wildman–Crippen MR) is 61.4 cm³/mol. The summed E-state index contributed by atoms with van der Waals surface area (Å²) in [7, 11) is 0. The number of hydrogen-bond acceptors (Lipinski definition) is 2. The SMILES string of the molecule is Cc1ncccc1NC(=S)NC1CC1. The fourth-order valence-electron chi connectivity index (χ4n) is 1.19.